The molecule has 0 radical (unpaired) electrons. The van der Waals surface area contributed by atoms with Gasteiger partial charge in [-0.25, -0.2) is 0 Å². The van der Waals surface area contributed by atoms with Gasteiger partial charge in [0, 0.05) is 17.3 Å². The monoisotopic (exact) mass is 299 g/mol. The molecule has 0 aliphatic rings. The van der Waals surface area contributed by atoms with Crippen molar-refractivity contribution in [2.24, 2.45) is 11.7 Å². The van der Waals surface area contributed by atoms with Crippen molar-refractivity contribution in [1.29, 1.82) is 0 Å². The van der Waals surface area contributed by atoms with Gasteiger partial charge in [0.2, 0.25) is 11.8 Å². The largest absolute Gasteiger partial charge is 0.326 e. The lowest BCUT2D eigenvalue weighted by molar-refractivity contribution is -0.119. The van der Waals surface area contributed by atoms with Gasteiger partial charge in [-0.15, -0.1) is 12.4 Å². The highest BCUT2D eigenvalue weighted by atomic mass is 35.5. The summed E-state index contributed by atoms with van der Waals surface area (Å²) in [5.41, 5.74) is 7.74. The molecule has 2 amide bonds. The van der Waals surface area contributed by atoms with Crippen LogP contribution in [0.2, 0.25) is 0 Å². The van der Waals surface area contributed by atoms with Gasteiger partial charge in [0.25, 0.3) is 0 Å². The zero-order valence-electron chi connectivity index (χ0n) is 12.2. The average molecular weight is 300 g/mol. The van der Waals surface area contributed by atoms with Crippen LogP contribution in [-0.2, 0) is 9.59 Å². The van der Waals surface area contributed by atoms with Crippen LogP contribution in [0, 0.1) is 12.8 Å². The fraction of sp³-hybridized carbons (Fsp3) is 0.429. The molecule has 0 aliphatic carbocycles. The molecular formula is C14H22ClN3O2. The van der Waals surface area contributed by atoms with Crippen LogP contribution in [0.5, 0.6) is 0 Å². The second-order valence-corrected chi connectivity index (χ2v) is 4.95. The van der Waals surface area contributed by atoms with Crippen molar-refractivity contribution in [2.75, 3.05) is 10.6 Å². The van der Waals surface area contributed by atoms with Crippen molar-refractivity contribution >= 4 is 35.6 Å². The van der Waals surface area contributed by atoms with Gasteiger partial charge in [0.1, 0.15) is 0 Å². The summed E-state index contributed by atoms with van der Waals surface area (Å²) >= 11 is 0. The summed E-state index contributed by atoms with van der Waals surface area (Å²) < 4.78 is 0. The number of halogens is 1. The molecule has 1 aromatic rings. The Morgan fingerprint density at radius 3 is 2.20 bits per heavy atom. The Morgan fingerprint density at radius 1 is 1.10 bits per heavy atom. The topological polar surface area (TPSA) is 84.2 Å². The predicted molar refractivity (Wildman–Crippen MR) is 84.2 cm³/mol. The van der Waals surface area contributed by atoms with Crippen molar-refractivity contribution in [3.63, 3.8) is 0 Å². The number of nitrogens with two attached hydrogens (primary N) is 1. The number of benzene rings is 1. The highest BCUT2D eigenvalue weighted by Gasteiger charge is 2.11. The molecule has 6 heteroatoms. The van der Waals surface area contributed by atoms with Gasteiger partial charge >= 0.3 is 0 Å². The molecule has 112 valence electrons. The summed E-state index contributed by atoms with van der Waals surface area (Å²) in [4.78, 5) is 23.2. The number of amides is 2. The molecule has 1 atom stereocenters. The van der Waals surface area contributed by atoms with Crippen molar-refractivity contribution in [1.82, 2.24) is 0 Å². The first kappa shape index (κ1) is 18.4. The van der Waals surface area contributed by atoms with Crippen LogP contribution in [-0.4, -0.2) is 17.9 Å². The average Bonchev–Trinajstić information content (AvgIpc) is 2.32. The van der Waals surface area contributed by atoms with Crippen LogP contribution in [0.25, 0.3) is 0 Å². The van der Waals surface area contributed by atoms with Gasteiger partial charge in [-0.05, 0) is 31.5 Å². The van der Waals surface area contributed by atoms with Gasteiger partial charge in [0.15, 0.2) is 0 Å². The summed E-state index contributed by atoms with van der Waals surface area (Å²) in [7, 11) is 0. The molecule has 0 spiro atoms. The standard InChI is InChI=1S/C14H21N3O2.ClH/c1-8(2)13(18)16-11-6-5-9(3)12(7-11)17-14(19)10(4)15;/h5-8,10H,15H2,1-4H3,(H,16,18)(H,17,19);1H/t10-;/m1./s1. The molecule has 0 heterocycles. The second kappa shape index (κ2) is 7.87. The molecule has 0 saturated heterocycles. The number of rotatable bonds is 4. The van der Waals surface area contributed by atoms with E-state index < -0.39 is 6.04 Å². The van der Waals surface area contributed by atoms with E-state index in [1.807, 2.05) is 26.8 Å². The first-order chi connectivity index (χ1) is 8.81. The zero-order chi connectivity index (χ0) is 14.6. The van der Waals surface area contributed by atoms with E-state index in [4.69, 9.17) is 5.73 Å². The van der Waals surface area contributed by atoms with E-state index in [0.717, 1.165) is 5.56 Å². The van der Waals surface area contributed by atoms with Gasteiger partial charge in [-0.2, -0.15) is 0 Å². The minimum atomic E-state index is -0.576. The van der Waals surface area contributed by atoms with E-state index in [9.17, 15) is 9.59 Å². The quantitative estimate of drug-likeness (QED) is 0.797. The zero-order valence-corrected chi connectivity index (χ0v) is 13.0. The van der Waals surface area contributed by atoms with Crippen LogP contribution in [0.4, 0.5) is 11.4 Å². The highest BCUT2D eigenvalue weighted by Crippen LogP contribution is 2.21. The van der Waals surface area contributed by atoms with Crippen molar-refractivity contribution in [2.45, 2.75) is 33.7 Å². The fourth-order valence-electron chi connectivity index (χ4n) is 1.37. The normalized spacial score (nSPS) is 11.5. The molecule has 5 nitrogen and oxygen atoms in total. The Balaban J connectivity index is 0.00000361. The molecule has 1 aromatic carbocycles. The number of hydrogen-bond acceptors (Lipinski definition) is 3. The van der Waals surface area contributed by atoms with Crippen LogP contribution in [0.15, 0.2) is 18.2 Å². The maximum Gasteiger partial charge on any atom is 0.241 e. The van der Waals surface area contributed by atoms with Crippen LogP contribution in [0.3, 0.4) is 0 Å². The lowest BCUT2D eigenvalue weighted by Crippen LogP contribution is -2.32. The number of carbonyl (C=O) groups is 2. The third kappa shape index (κ3) is 5.19. The molecule has 0 fully saturated rings. The minimum absolute atomic E-state index is 0. The molecular weight excluding hydrogens is 278 g/mol. The molecule has 1 rings (SSSR count). The van der Waals surface area contributed by atoms with Crippen molar-refractivity contribution in [3.8, 4) is 0 Å². The van der Waals surface area contributed by atoms with Gasteiger partial charge in [-0.3, -0.25) is 9.59 Å². The molecule has 0 aliphatic heterocycles. The lowest BCUT2D eigenvalue weighted by atomic mass is 10.1. The Bertz CT molecular complexity index is 487. The molecule has 0 aromatic heterocycles. The van der Waals surface area contributed by atoms with Crippen LogP contribution < -0.4 is 16.4 Å². The molecule has 0 bridgehead atoms. The lowest BCUT2D eigenvalue weighted by Gasteiger charge is -2.13. The summed E-state index contributed by atoms with van der Waals surface area (Å²) in [6.45, 7) is 7.14. The third-order valence-electron chi connectivity index (χ3n) is 2.70. The van der Waals surface area contributed by atoms with Gasteiger partial charge in [0.05, 0.1) is 6.04 Å². The smallest absolute Gasteiger partial charge is 0.241 e. The van der Waals surface area contributed by atoms with Gasteiger partial charge in [-0.1, -0.05) is 19.9 Å². The van der Waals surface area contributed by atoms with E-state index in [1.165, 1.54) is 0 Å². The first-order valence-corrected chi connectivity index (χ1v) is 6.29. The maximum absolute atomic E-state index is 11.6. The highest BCUT2D eigenvalue weighted by molar-refractivity contribution is 5.97. The Hall–Kier alpha value is -1.59. The number of carbonyl (C=O) groups excluding carboxylic acids is 2. The fourth-order valence-corrected chi connectivity index (χ4v) is 1.37. The summed E-state index contributed by atoms with van der Waals surface area (Å²) in [5.74, 6) is -0.410. The number of anilines is 2. The van der Waals surface area contributed by atoms with Crippen molar-refractivity contribution < 1.29 is 9.59 Å². The Labute approximate surface area is 125 Å². The minimum Gasteiger partial charge on any atom is -0.326 e. The molecule has 20 heavy (non-hydrogen) atoms. The Kier molecular flexibility index (Phi) is 7.24. The van der Waals surface area contributed by atoms with E-state index in [-0.39, 0.29) is 30.1 Å². The molecule has 4 N–H and O–H groups in total. The second-order valence-electron chi connectivity index (χ2n) is 4.95. The van der Waals surface area contributed by atoms with E-state index >= 15 is 0 Å². The third-order valence-corrected chi connectivity index (χ3v) is 2.70. The summed E-state index contributed by atoms with van der Waals surface area (Å²) in [6, 6.07) is 4.80. The van der Waals surface area contributed by atoms with E-state index in [1.54, 1.807) is 19.1 Å². The summed E-state index contributed by atoms with van der Waals surface area (Å²) in [5, 5.41) is 5.53. The van der Waals surface area contributed by atoms with Crippen molar-refractivity contribution in [3.05, 3.63) is 23.8 Å². The van der Waals surface area contributed by atoms with Crippen LogP contribution in [0.1, 0.15) is 26.3 Å². The van der Waals surface area contributed by atoms with Gasteiger partial charge < -0.3 is 16.4 Å². The summed E-state index contributed by atoms with van der Waals surface area (Å²) in [6.07, 6.45) is 0. The number of hydrogen-bond donors (Lipinski definition) is 3. The predicted octanol–water partition coefficient (Wildman–Crippen LogP) is 2.30. The Morgan fingerprint density at radius 2 is 1.70 bits per heavy atom. The molecule has 0 unspecified atom stereocenters. The number of aryl methyl sites for hydroxylation is 1. The van der Waals surface area contributed by atoms with E-state index in [2.05, 4.69) is 10.6 Å². The number of nitrogens with one attached hydrogen (secondary N) is 2. The maximum atomic E-state index is 11.6. The molecule has 0 saturated carbocycles. The first-order valence-electron chi connectivity index (χ1n) is 6.29. The van der Waals surface area contributed by atoms with Crippen LogP contribution >= 0.6 is 12.4 Å². The SMILES string of the molecule is Cc1ccc(NC(=O)C(C)C)cc1NC(=O)[C@@H](C)N.Cl. The van der Waals surface area contributed by atoms with E-state index in [0.29, 0.717) is 11.4 Å².